The van der Waals surface area contributed by atoms with Gasteiger partial charge < -0.3 is 61.2 Å². The van der Waals surface area contributed by atoms with Crippen LogP contribution >= 0.6 is 0 Å². The van der Waals surface area contributed by atoms with Gasteiger partial charge in [0, 0.05) is 56.0 Å². The third-order valence-electron chi connectivity index (χ3n) is 5.83. The molecule has 0 saturated heterocycles. The number of rotatable bonds is 3. The molecule has 0 fully saturated rings. The summed E-state index contributed by atoms with van der Waals surface area (Å²) in [6, 6.07) is 8.59. The molecule has 3 heterocycles. The predicted molar refractivity (Wildman–Crippen MR) is 165 cm³/mol. The van der Waals surface area contributed by atoms with Gasteiger partial charge in [0.1, 0.15) is 17.2 Å². The topological polar surface area (TPSA) is 294 Å². The van der Waals surface area contributed by atoms with Crippen molar-refractivity contribution in [2.24, 2.45) is 0 Å². The number of benzene rings is 3. The van der Waals surface area contributed by atoms with Gasteiger partial charge in [-0.25, -0.2) is 14.4 Å². The molecular weight excluding hydrogens is 649 g/mol. The number of phenolic OH excluding ortho intramolecular Hbond substituents is 3. The van der Waals surface area contributed by atoms with Gasteiger partial charge in [-0.1, -0.05) is 0 Å². The molecule has 18 nitrogen and oxygen atoms in total. The van der Waals surface area contributed by atoms with Crippen molar-refractivity contribution in [2.45, 2.75) is 20.8 Å². The molecule has 0 unspecified atom stereocenters. The van der Waals surface area contributed by atoms with Crippen molar-refractivity contribution in [3.05, 3.63) is 67.9 Å². The molecule has 6 rings (SSSR count). The fraction of sp³-hybridized carbons (Fsp3) is 0.111. The Labute approximate surface area is 266 Å². The van der Waals surface area contributed by atoms with Crippen LogP contribution in [0.3, 0.4) is 0 Å². The molecule has 0 bridgehead atoms. The van der Waals surface area contributed by atoms with E-state index < -0.39 is 0 Å². The minimum atomic E-state index is -0.357. The summed E-state index contributed by atoms with van der Waals surface area (Å²) >= 11 is 0. The molecule has 3 aromatic heterocycles. The van der Waals surface area contributed by atoms with Gasteiger partial charge in [-0.3, -0.25) is 14.4 Å². The van der Waals surface area contributed by atoms with Crippen molar-refractivity contribution in [3.8, 4) is 17.2 Å². The number of aromatic hydroxyl groups is 3. The third kappa shape index (κ3) is 8.46. The standard InChI is InChI=1S/3C9H9N3O3.Mn/c3*1-4(13)10-7-2-5-6(3-8(7)14)12-9(15)11-5;/h3*2-3,14H,1H3,(H,10,13)(H2,11,12,15);. The first-order chi connectivity index (χ1) is 21.2. The third-order valence-corrected chi connectivity index (χ3v) is 5.83. The average Bonchev–Trinajstić information content (AvgIpc) is 3.58. The number of amides is 3. The summed E-state index contributed by atoms with van der Waals surface area (Å²) in [5.74, 6) is -1.14. The Balaban J connectivity index is 0.000000186. The molecule has 0 aliphatic rings. The number of nitrogens with one attached hydrogen (secondary N) is 9. The maximum absolute atomic E-state index is 11.0. The molecule has 0 aliphatic heterocycles. The first-order valence-electron chi connectivity index (χ1n) is 12.9. The van der Waals surface area contributed by atoms with Crippen LogP contribution in [0.25, 0.3) is 33.1 Å². The molecule has 3 amide bonds. The van der Waals surface area contributed by atoms with Crippen molar-refractivity contribution >= 4 is 67.9 Å². The van der Waals surface area contributed by atoms with E-state index in [-0.39, 0.29) is 86.2 Å². The Morgan fingerprint density at radius 3 is 0.848 bits per heavy atom. The zero-order chi connectivity index (χ0) is 33.0. The number of aromatic amines is 6. The van der Waals surface area contributed by atoms with Gasteiger partial charge in [0.25, 0.3) is 0 Å². The van der Waals surface area contributed by atoms with Crippen LogP contribution in [0.5, 0.6) is 17.2 Å². The van der Waals surface area contributed by atoms with Crippen LogP contribution in [0, 0.1) is 0 Å². The quantitative estimate of drug-likeness (QED) is 0.0955. The number of hydrogen-bond donors (Lipinski definition) is 12. The zero-order valence-electron chi connectivity index (χ0n) is 24.1. The number of carbonyl (C=O) groups is 3. The van der Waals surface area contributed by atoms with Crippen LogP contribution < -0.4 is 33.0 Å². The fourth-order valence-corrected chi connectivity index (χ4v) is 4.08. The second-order valence-corrected chi connectivity index (χ2v) is 9.53. The van der Waals surface area contributed by atoms with Gasteiger partial charge in [-0.05, 0) is 18.2 Å². The molecule has 46 heavy (non-hydrogen) atoms. The number of phenols is 3. The normalized spacial score (nSPS) is 10.2. The summed E-state index contributed by atoms with van der Waals surface area (Å²) in [4.78, 5) is 80.3. The molecule has 1 radical (unpaired) electrons. The summed E-state index contributed by atoms with van der Waals surface area (Å²) in [6.07, 6.45) is 0. The minimum Gasteiger partial charge on any atom is -0.506 e. The Bertz CT molecular complexity index is 2000. The molecular formula is C27H27MnN9O9. The van der Waals surface area contributed by atoms with E-state index in [1.807, 2.05) is 0 Å². The zero-order valence-corrected chi connectivity index (χ0v) is 25.3. The Morgan fingerprint density at radius 1 is 0.457 bits per heavy atom. The van der Waals surface area contributed by atoms with Gasteiger partial charge >= 0.3 is 17.1 Å². The van der Waals surface area contributed by atoms with E-state index in [4.69, 9.17) is 0 Å². The van der Waals surface area contributed by atoms with Crippen LogP contribution in [-0.4, -0.2) is 62.9 Å². The first-order valence-corrected chi connectivity index (χ1v) is 12.9. The Hall–Kier alpha value is -6.20. The van der Waals surface area contributed by atoms with Crippen molar-refractivity contribution in [2.75, 3.05) is 16.0 Å². The van der Waals surface area contributed by atoms with Crippen LogP contribution in [0.2, 0.25) is 0 Å². The van der Waals surface area contributed by atoms with Gasteiger partial charge in [0.2, 0.25) is 17.7 Å². The SMILES string of the molecule is CC(=O)Nc1cc2[nH]c(=O)[nH]c2cc1O.CC(=O)Nc1cc2[nH]c(=O)[nH]c2cc1O.CC(=O)Nc1cc2[nH]c(=O)[nH]c2cc1O.[Mn]. The van der Waals surface area contributed by atoms with Crippen LogP contribution in [-0.2, 0) is 31.5 Å². The Morgan fingerprint density at radius 2 is 0.652 bits per heavy atom. The first kappa shape index (κ1) is 34.3. The van der Waals surface area contributed by atoms with Crippen molar-refractivity contribution in [1.29, 1.82) is 0 Å². The van der Waals surface area contributed by atoms with E-state index in [1.165, 1.54) is 57.2 Å². The van der Waals surface area contributed by atoms with Crippen LogP contribution in [0.15, 0.2) is 50.8 Å². The summed E-state index contributed by atoms with van der Waals surface area (Å²) in [7, 11) is 0. The van der Waals surface area contributed by atoms with Crippen molar-refractivity contribution in [3.63, 3.8) is 0 Å². The molecule has 3 aromatic carbocycles. The van der Waals surface area contributed by atoms with E-state index in [1.54, 1.807) is 0 Å². The molecule has 0 aliphatic carbocycles. The number of carbonyl (C=O) groups excluding carboxylic acids is 3. The number of aromatic nitrogens is 6. The number of fused-ring (bicyclic) bond motifs is 3. The molecule has 0 spiro atoms. The van der Waals surface area contributed by atoms with Gasteiger partial charge in [-0.15, -0.1) is 0 Å². The molecule has 6 aromatic rings. The second-order valence-electron chi connectivity index (χ2n) is 9.53. The van der Waals surface area contributed by atoms with Gasteiger partial charge in [0.05, 0.1) is 50.2 Å². The van der Waals surface area contributed by atoms with Gasteiger partial charge in [0.15, 0.2) is 0 Å². The number of H-pyrrole nitrogens is 6. The summed E-state index contributed by atoms with van der Waals surface area (Å²) in [5.41, 5.74) is 2.80. The summed E-state index contributed by atoms with van der Waals surface area (Å²) < 4.78 is 0. The van der Waals surface area contributed by atoms with E-state index in [2.05, 4.69) is 45.9 Å². The predicted octanol–water partition coefficient (Wildman–Crippen LogP) is 1.56. The summed E-state index contributed by atoms with van der Waals surface area (Å²) in [5, 5.41) is 35.9. The number of imidazole rings is 3. The van der Waals surface area contributed by atoms with Gasteiger partial charge in [-0.2, -0.15) is 0 Å². The molecule has 0 saturated carbocycles. The molecule has 241 valence electrons. The van der Waals surface area contributed by atoms with E-state index in [0.717, 1.165) is 0 Å². The summed E-state index contributed by atoms with van der Waals surface area (Å²) in [6.45, 7) is 4.01. The number of anilines is 3. The second kappa shape index (κ2) is 14.1. The smallest absolute Gasteiger partial charge is 0.323 e. The fourth-order valence-electron chi connectivity index (χ4n) is 4.08. The van der Waals surface area contributed by atoms with Crippen molar-refractivity contribution < 1.29 is 46.8 Å². The average molecular weight is 677 g/mol. The van der Waals surface area contributed by atoms with E-state index in [0.29, 0.717) is 33.1 Å². The number of hydrogen-bond acceptors (Lipinski definition) is 9. The molecule has 0 atom stereocenters. The van der Waals surface area contributed by atoms with E-state index in [9.17, 15) is 44.1 Å². The minimum absolute atomic E-state index is 0. The molecule has 12 N–H and O–H groups in total. The largest absolute Gasteiger partial charge is 0.506 e. The maximum atomic E-state index is 11.0. The van der Waals surface area contributed by atoms with Crippen LogP contribution in [0.1, 0.15) is 20.8 Å². The molecule has 19 heteroatoms. The monoisotopic (exact) mass is 676 g/mol. The Kier molecular flexibility index (Phi) is 10.5. The van der Waals surface area contributed by atoms with Crippen molar-refractivity contribution in [1.82, 2.24) is 29.9 Å². The maximum Gasteiger partial charge on any atom is 0.323 e. The van der Waals surface area contributed by atoms with Crippen LogP contribution in [0.4, 0.5) is 17.1 Å². The van der Waals surface area contributed by atoms with E-state index >= 15 is 0 Å².